The van der Waals surface area contributed by atoms with Crippen LogP contribution in [-0.4, -0.2) is 4.98 Å². The second-order valence-electron chi connectivity index (χ2n) is 6.43. The molecule has 0 saturated carbocycles. The summed E-state index contributed by atoms with van der Waals surface area (Å²) in [6.07, 6.45) is 1.86. The van der Waals surface area contributed by atoms with E-state index in [1.807, 2.05) is 12.3 Å². The molecule has 0 atom stereocenters. The highest BCUT2D eigenvalue weighted by atomic mass is 14.6. The van der Waals surface area contributed by atoms with Gasteiger partial charge in [-0.2, -0.15) is 0 Å². The summed E-state index contributed by atoms with van der Waals surface area (Å²) in [6.45, 7) is 0. The number of pyridine rings is 1. The van der Waals surface area contributed by atoms with Crippen LogP contribution in [0, 0.1) is 0 Å². The first-order chi connectivity index (χ1) is 11.9. The summed E-state index contributed by atoms with van der Waals surface area (Å²) < 4.78 is 0. The van der Waals surface area contributed by atoms with Gasteiger partial charge in [0.1, 0.15) is 0 Å². The van der Waals surface area contributed by atoms with Gasteiger partial charge < -0.3 is 0 Å². The monoisotopic (exact) mass is 303 g/mol. The van der Waals surface area contributed by atoms with Gasteiger partial charge in [-0.3, -0.25) is 4.98 Å². The molecule has 0 bridgehead atoms. The lowest BCUT2D eigenvalue weighted by Crippen LogP contribution is -1.84. The summed E-state index contributed by atoms with van der Waals surface area (Å²) in [7, 11) is 0. The van der Waals surface area contributed by atoms with E-state index < -0.39 is 0 Å². The molecule has 1 aliphatic carbocycles. The molecule has 0 radical (unpaired) electrons. The van der Waals surface area contributed by atoms with Gasteiger partial charge in [0.2, 0.25) is 0 Å². The molecule has 1 aliphatic rings. The zero-order chi connectivity index (χ0) is 15.7. The SMILES string of the molecule is c1cc2c3c(cccc3c1)-c1c-2ccc2c1ccc1ncccc12. The maximum atomic E-state index is 4.50. The first-order valence-electron chi connectivity index (χ1n) is 8.25. The number of hydrogen-bond donors (Lipinski definition) is 0. The topological polar surface area (TPSA) is 12.9 Å². The van der Waals surface area contributed by atoms with E-state index in [9.17, 15) is 0 Å². The van der Waals surface area contributed by atoms with Gasteiger partial charge in [-0.05, 0) is 55.9 Å². The predicted molar refractivity (Wildman–Crippen MR) is 101 cm³/mol. The van der Waals surface area contributed by atoms with Gasteiger partial charge in [-0.15, -0.1) is 0 Å². The Balaban J connectivity index is 1.86. The van der Waals surface area contributed by atoms with Crippen molar-refractivity contribution in [1.29, 1.82) is 0 Å². The minimum atomic E-state index is 1.05. The van der Waals surface area contributed by atoms with Crippen LogP contribution in [0.15, 0.2) is 79.0 Å². The zero-order valence-electron chi connectivity index (χ0n) is 13.0. The second-order valence-corrected chi connectivity index (χ2v) is 6.43. The summed E-state index contributed by atoms with van der Waals surface area (Å²) in [5.74, 6) is 0. The summed E-state index contributed by atoms with van der Waals surface area (Å²) in [4.78, 5) is 4.50. The van der Waals surface area contributed by atoms with Crippen molar-refractivity contribution in [1.82, 2.24) is 4.98 Å². The van der Waals surface area contributed by atoms with Crippen molar-refractivity contribution >= 4 is 32.4 Å². The van der Waals surface area contributed by atoms with Crippen LogP contribution in [0.1, 0.15) is 0 Å². The van der Waals surface area contributed by atoms with Crippen LogP contribution in [0.5, 0.6) is 0 Å². The van der Waals surface area contributed by atoms with Gasteiger partial charge in [0.15, 0.2) is 0 Å². The molecule has 1 aromatic heterocycles. The molecule has 1 nitrogen and oxygen atoms in total. The first-order valence-corrected chi connectivity index (χ1v) is 8.25. The van der Waals surface area contributed by atoms with Crippen LogP contribution in [0.25, 0.3) is 54.7 Å². The molecule has 0 N–H and O–H groups in total. The third kappa shape index (κ3) is 1.38. The van der Waals surface area contributed by atoms with Crippen LogP contribution < -0.4 is 0 Å². The normalized spacial score (nSPS) is 12.2. The lowest BCUT2D eigenvalue weighted by molar-refractivity contribution is 1.42. The molecule has 0 aliphatic heterocycles. The molecule has 0 unspecified atom stereocenters. The van der Waals surface area contributed by atoms with E-state index in [1.54, 1.807) is 0 Å². The molecule has 110 valence electrons. The molecular formula is C23H13N. The Kier molecular flexibility index (Phi) is 2.15. The Morgan fingerprint density at radius 2 is 1.38 bits per heavy atom. The highest BCUT2D eigenvalue weighted by Crippen LogP contribution is 2.50. The van der Waals surface area contributed by atoms with Gasteiger partial charge >= 0.3 is 0 Å². The third-order valence-electron chi connectivity index (χ3n) is 5.25. The lowest BCUT2D eigenvalue weighted by Gasteiger charge is -2.09. The van der Waals surface area contributed by atoms with Gasteiger partial charge in [0.25, 0.3) is 0 Å². The Morgan fingerprint density at radius 3 is 2.29 bits per heavy atom. The molecule has 4 aromatic carbocycles. The number of benzene rings is 4. The van der Waals surface area contributed by atoms with Gasteiger partial charge in [0.05, 0.1) is 5.52 Å². The average Bonchev–Trinajstić information content (AvgIpc) is 2.98. The van der Waals surface area contributed by atoms with E-state index in [0.29, 0.717) is 0 Å². The van der Waals surface area contributed by atoms with Crippen molar-refractivity contribution in [2.45, 2.75) is 0 Å². The molecule has 0 fully saturated rings. The van der Waals surface area contributed by atoms with E-state index in [2.05, 4.69) is 71.7 Å². The van der Waals surface area contributed by atoms with E-state index >= 15 is 0 Å². The van der Waals surface area contributed by atoms with Crippen LogP contribution >= 0.6 is 0 Å². The molecule has 1 heteroatoms. The summed E-state index contributed by atoms with van der Waals surface area (Å²) in [6, 6.07) is 26.3. The average molecular weight is 303 g/mol. The fourth-order valence-electron chi connectivity index (χ4n) is 4.26. The smallest absolute Gasteiger partial charge is 0.0708 e. The van der Waals surface area contributed by atoms with E-state index in [4.69, 9.17) is 0 Å². The Bertz CT molecular complexity index is 1290. The number of fused-ring (bicyclic) bond motifs is 7. The van der Waals surface area contributed by atoms with E-state index in [-0.39, 0.29) is 0 Å². The fraction of sp³-hybridized carbons (Fsp3) is 0. The predicted octanol–water partition coefficient (Wildman–Crippen LogP) is 6.19. The van der Waals surface area contributed by atoms with Gasteiger partial charge in [0, 0.05) is 11.6 Å². The second kappa shape index (κ2) is 4.21. The standard InChI is InChI=1S/C23H13N/c1-4-14-5-2-7-20-22(14)17(6-1)19-10-9-15-16-8-3-13-24-21(16)12-11-18(15)23(19)20/h1-13H. The van der Waals surface area contributed by atoms with Crippen molar-refractivity contribution in [3.63, 3.8) is 0 Å². The molecule has 0 amide bonds. The van der Waals surface area contributed by atoms with Crippen molar-refractivity contribution in [2.75, 3.05) is 0 Å². The maximum Gasteiger partial charge on any atom is 0.0708 e. The molecule has 0 spiro atoms. The molecule has 6 rings (SSSR count). The lowest BCUT2D eigenvalue weighted by atomic mass is 9.94. The molecule has 5 aromatic rings. The molecule has 1 heterocycles. The number of aromatic nitrogens is 1. The van der Waals surface area contributed by atoms with Gasteiger partial charge in [-0.1, -0.05) is 60.7 Å². The number of hydrogen-bond acceptors (Lipinski definition) is 1. The molecule has 0 saturated heterocycles. The first kappa shape index (κ1) is 12.3. The van der Waals surface area contributed by atoms with Gasteiger partial charge in [-0.25, -0.2) is 0 Å². The Labute approximate surface area is 139 Å². The molecule has 24 heavy (non-hydrogen) atoms. The summed E-state index contributed by atoms with van der Waals surface area (Å²) >= 11 is 0. The Morgan fingerprint density at radius 1 is 0.542 bits per heavy atom. The van der Waals surface area contributed by atoms with Crippen LogP contribution in [-0.2, 0) is 0 Å². The van der Waals surface area contributed by atoms with Crippen molar-refractivity contribution in [3.8, 4) is 22.3 Å². The largest absolute Gasteiger partial charge is 0.256 e. The maximum absolute atomic E-state index is 4.50. The highest BCUT2D eigenvalue weighted by molar-refractivity contribution is 6.23. The van der Waals surface area contributed by atoms with Crippen LogP contribution in [0.4, 0.5) is 0 Å². The third-order valence-corrected chi connectivity index (χ3v) is 5.25. The number of nitrogens with zero attached hydrogens (tertiary/aromatic N) is 1. The van der Waals surface area contributed by atoms with Crippen molar-refractivity contribution in [3.05, 3.63) is 79.0 Å². The zero-order valence-corrected chi connectivity index (χ0v) is 13.0. The molecular weight excluding hydrogens is 290 g/mol. The quantitative estimate of drug-likeness (QED) is 0.305. The number of rotatable bonds is 0. The highest BCUT2D eigenvalue weighted by Gasteiger charge is 2.23. The summed E-state index contributed by atoms with van der Waals surface area (Å²) in [5, 5.41) is 6.52. The van der Waals surface area contributed by atoms with E-state index in [0.717, 1.165) is 5.52 Å². The Hall–Kier alpha value is -3.19. The minimum Gasteiger partial charge on any atom is -0.256 e. The van der Waals surface area contributed by atoms with E-state index in [1.165, 1.54) is 49.2 Å². The fourth-order valence-corrected chi connectivity index (χ4v) is 4.26. The van der Waals surface area contributed by atoms with Crippen LogP contribution in [0.2, 0.25) is 0 Å². The van der Waals surface area contributed by atoms with Crippen molar-refractivity contribution < 1.29 is 0 Å². The summed E-state index contributed by atoms with van der Waals surface area (Å²) in [5.41, 5.74) is 6.47. The van der Waals surface area contributed by atoms with Crippen LogP contribution in [0.3, 0.4) is 0 Å². The van der Waals surface area contributed by atoms with Crippen molar-refractivity contribution in [2.24, 2.45) is 0 Å². The minimum absolute atomic E-state index is 1.05.